The Morgan fingerprint density at radius 3 is 2.65 bits per heavy atom. The first-order valence-corrected chi connectivity index (χ1v) is 16.8. The lowest BCUT2D eigenvalue weighted by atomic mass is 9.90. The van der Waals surface area contributed by atoms with Gasteiger partial charge in [-0.05, 0) is 56.9 Å². The van der Waals surface area contributed by atoms with E-state index in [1.807, 2.05) is 30.3 Å². The Hall–Kier alpha value is -2.25. The van der Waals surface area contributed by atoms with Crippen LogP contribution < -0.4 is 5.73 Å². The van der Waals surface area contributed by atoms with Gasteiger partial charge in [-0.2, -0.15) is 4.31 Å². The molecule has 10 nitrogen and oxygen atoms in total. The van der Waals surface area contributed by atoms with Crippen molar-refractivity contribution in [1.29, 1.82) is 0 Å². The lowest BCUT2D eigenvalue weighted by Gasteiger charge is -2.33. The van der Waals surface area contributed by atoms with Crippen molar-refractivity contribution >= 4 is 33.3 Å². The lowest BCUT2D eigenvalue weighted by molar-refractivity contribution is -0.153. The first kappa shape index (κ1) is 32.2. The van der Waals surface area contributed by atoms with Crippen LogP contribution in [0.5, 0.6) is 0 Å². The number of carbonyl (C=O) groups is 1. The number of esters is 1. The van der Waals surface area contributed by atoms with Gasteiger partial charge in [0.15, 0.2) is 6.29 Å². The molecule has 2 aromatic rings. The highest BCUT2D eigenvalue weighted by atomic mass is 35.5. The summed E-state index contributed by atoms with van der Waals surface area (Å²) in [5.41, 5.74) is 7.07. The number of benzene rings is 2. The molecule has 5 rings (SSSR count). The van der Waals surface area contributed by atoms with Crippen molar-refractivity contribution in [2.24, 2.45) is 11.8 Å². The summed E-state index contributed by atoms with van der Waals surface area (Å²) in [4.78, 5) is 15.5. The number of nitrogens with two attached hydrogens (primary N) is 1. The van der Waals surface area contributed by atoms with Crippen LogP contribution in [0.1, 0.15) is 38.7 Å². The van der Waals surface area contributed by atoms with E-state index in [1.54, 1.807) is 0 Å². The fourth-order valence-electron chi connectivity index (χ4n) is 6.31. The van der Waals surface area contributed by atoms with Gasteiger partial charge in [-0.3, -0.25) is 9.69 Å². The number of nitrogens with zero attached hydrogens (tertiary/aromatic N) is 2. The van der Waals surface area contributed by atoms with Crippen LogP contribution in [-0.4, -0.2) is 92.1 Å². The highest BCUT2D eigenvalue weighted by Gasteiger charge is 2.44. The summed E-state index contributed by atoms with van der Waals surface area (Å²) in [5.74, 6) is -1.04. The number of anilines is 1. The lowest BCUT2D eigenvalue weighted by Crippen LogP contribution is -2.48. The van der Waals surface area contributed by atoms with E-state index in [1.165, 1.54) is 22.5 Å². The van der Waals surface area contributed by atoms with Crippen LogP contribution in [-0.2, 0) is 35.4 Å². The monoisotopic (exact) mass is 635 g/mol. The number of hydrogen-bond acceptors (Lipinski definition) is 9. The molecule has 0 radical (unpaired) electrons. The van der Waals surface area contributed by atoms with Crippen LogP contribution in [0.2, 0.25) is 5.02 Å². The molecule has 0 aliphatic carbocycles. The molecule has 0 aromatic heterocycles. The number of ether oxygens (including phenoxy) is 3. The van der Waals surface area contributed by atoms with Crippen LogP contribution >= 0.6 is 11.6 Å². The Morgan fingerprint density at radius 2 is 1.95 bits per heavy atom. The minimum Gasteiger partial charge on any atom is -0.459 e. The summed E-state index contributed by atoms with van der Waals surface area (Å²) in [6.45, 7) is 6.08. The van der Waals surface area contributed by atoms with Crippen LogP contribution in [0.4, 0.5) is 5.69 Å². The second-order valence-electron chi connectivity index (χ2n) is 12.1. The van der Waals surface area contributed by atoms with E-state index >= 15 is 0 Å². The zero-order valence-corrected chi connectivity index (χ0v) is 26.3. The molecule has 3 unspecified atom stereocenters. The average molecular weight is 636 g/mol. The molecule has 3 N–H and O–H groups in total. The summed E-state index contributed by atoms with van der Waals surface area (Å²) >= 11 is 6.09. The largest absolute Gasteiger partial charge is 0.459 e. The molecule has 3 heterocycles. The number of nitrogen functional groups attached to an aromatic ring is 1. The molecule has 0 spiro atoms. The molecule has 0 amide bonds. The number of hydrogen-bond donors (Lipinski definition) is 2. The molecule has 2 aromatic carbocycles. The number of fused-ring (bicyclic) bond motifs is 1. The van der Waals surface area contributed by atoms with Gasteiger partial charge in [0.05, 0.1) is 47.3 Å². The molecule has 0 bridgehead atoms. The van der Waals surface area contributed by atoms with Gasteiger partial charge in [0.1, 0.15) is 6.10 Å². The number of aliphatic hydroxyl groups excluding tert-OH is 1. The third-order valence-electron chi connectivity index (χ3n) is 8.86. The van der Waals surface area contributed by atoms with Crippen molar-refractivity contribution in [3.05, 3.63) is 59.1 Å². The van der Waals surface area contributed by atoms with Crippen molar-refractivity contribution < 1.29 is 32.5 Å². The van der Waals surface area contributed by atoms with Crippen LogP contribution in [0.15, 0.2) is 53.4 Å². The zero-order chi connectivity index (χ0) is 30.7. The smallest absolute Gasteiger partial charge is 0.306 e. The summed E-state index contributed by atoms with van der Waals surface area (Å²) in [6.07, 6.45) is -0.223. The quantitative estimate of drug-likeness (QED) is 0.266. The van der Waals surface area contributed by atoms with E-state index < -0.39 is 34.1 Å². The molecular formula is C31H42ClN3O7S. The molecule has 6 atom stereocenters. The Kier molecular flexibility index (Phi) is 10.3. The third kappa shape index (κ3) is 7.53. The number of likely N-dealkylation sites (tertiary alicyclic amines) is 1. The predicted octanol–water partition coefficient (Wildman–Crippen LogP) is 3.31. The molecule has 3 aliphatic rings. The third-order valence-corrected chi connectivity index (χ3v) is 11.1. The minimum absolute atomic E-state index is 0.000151. The zero-order valence-electron chi connectivity index (χ0n) is 24.7. The van der Waals surface area contributed by atoms with Crippen molar-refractivity contribution in [3.63, 3.8) is 0 Å². The van der Waals surface area contributed by atoms with E-state index in [0.29, 0.717) is 26.0 Å². The van der Waals surface area contributed by atoms with Gasteiger partial charge >= 0.3 is 5.97 Å². The van der Waals surface area contributed by atoms with Crippen molar-refractivity contribution in [2.45, 2.75) is 75.0 Å². The SMILES string of the molecule is CC(C)N1CCC(N(C[C@@H](O)[C@@H](CC(=O)OC2CO[C@H]3OCCC23)Cc2ccccc2)S(=O)(=O)c2ccc(Cl)c(N)c2)C1. The summed E-state index contributed by atoms with van der Waals surface area (Å²) in [6, 6.07) is 13.7. The molecule has 0 saturated carbocycles. The van der Waals surface area contributed by atoms with Gasteiger partial charge in [0.25, 0.3) is 0 Å². The highest BCUT2D eigenvalue weighted by molar-refractivity contribution is 7.89. The van der Waals surface area contributed by atoms with Crippen molar-refractivity contribution in [1.82, 2.24) is 9.21 Å². The summed E-state index contributed by atoms with van der Waals surface area (Å²) < 4.78 is 46.6. The molecule has 3 fully saturated rings. The van der Waals surface area contributed by atoms with Gasteiger partial charge in [-0.25, -0.2) is 8.42 Å². The maximum atomic E-state index is 14.1. The summed E-state index contributed by atoms with van der Waals surface area (Å²) in [7, 11) is -4.07. The minimum atomic E-state index is -4.07. The van der Waals surface area contributed by atoms with Gasteiger partial charge in [-0.15, -0.1) is 0 Å². The first-order valence-electron chi connectivity index (χ1n) is 15.0. The number of aliphatic hydroxyl groups is 1. The molecule has 43 heavy (non-hydrogen) atoms. The predicted molar refractivity (Wildman–Crippen MR) is 163 cm³/mol. The maximum absolute atomic E-state index is 14.1. The first-order chi connectivity index (χ1) is 20.5. The molecular weight excluding hydrogens is 594 g/mol. The van der Waals surface area contributed by atoms with Gasteiger partial charge in [0, 0.05) is 37.6 Å². The second kappa shape index (κ2) is 13.8. The average Bonchev–Trinajstić information content (AvgIpc) is 3.72. The van der Waals surface area contributed by atoms with Crippen molar-refractivity contribution in [3.8, 4) is 0 Å². The van der Waals surface area contributed by atoms with E-state index in [9.17, 15) is 18.3 Å². The molecule has 3 aliphatic heterocycles. The van der Waals surface area contributed by atoms with Crippen LogP contribution in [0.3, 0.4) is 0 Å². The fraction of sp³-hybridized carbons (Fsp3) is 0.581. The fourth-order valence-corrected chi connectivity index (χ4v) is 8.12. The maximum Gasteiger partial charge on any atom is 0.306 e. The Labute approximate surface area is 259 Å². The van der Waals surface area contributed by atoms with E-state index in [-0.39, 0.29) is 59.5 Å². The summed E-state index contributed by atoms with van der Waals surface area (Å²) in [5, 5.41) is 12.0. The van der Waals surface area contributed by atoms with Crippen LogP contribution in [0.25, 0.3) is 0 Å². The normalized spacial score (nSPS) is 25.7. The highest BCUT2D eigenvalue weighted by Crippen LogP contribution is 2.34. The Balaban J connectivity index is 1.38. The van der Waals surface area contributed by atoms with Gasteiger partial charge in [0.2, 0.25) is 10.0 Å². The standard InChI is InChI=1S/C31H42ClN3O7S/c1-20(2)34-12-10-23(17-34)35(43(38,39)24-8-9-26(32)27(33)16-24)18-28(36)22(14-21-6-4-3-5-7-21)15-30(37)42-29-19-41-31-25(29)11-13-40-31/h3-9,16,20,22-23,25,28-29,31,36H,10-15,17-19,33H2,1-2H3/t22-,23?,25?,28-,29?,31-/m1/s1. The van der Waals surface area contributed by atoms with Gasteiger partial charge in [-0.1, -0.05) is 41.9 Å². The number of sulfonamides is 1. The topological polar surface area (TPSA) is 132 Å². The van der Waals surface area contributed by atoms with E-state index in [4.69, 9.17) is 31.5 Å². The van der Waals surface area contributed by atoms with Gasteiger partial charge < -0.3 is 25.1 Å². The number of carbonyl (C=O) groups excluding carboxylic acids is 1. The van der Waals surface area contributed by atoms with Crippen molar-refractivity contribution in [2.75, 3.05) is 38.6 Å². The molecule has 12 heteroatoms. The Bertz CT molecular complexity index is 1360. The second-order valence-corrected chi connectivity index (χ2v) is 14.4. The molecule has 3 saturated heterocycles. The Morgan fingerprint density at radius 1 is 1.19 bits per heavy atom. The van der Waals surface area contributed by atoms with Crippen LogP contribution in [0, 0.1) is 11.8 Å². The number of halogens is 1. The van der Waals surface area contributed by atoms with E-state index in [0.717, 1.165) is 18.5 Å². The number of rotatable bonds is 12. The molecule has 236 valence electrons. The van der Waals surface area contributed by atoms with E-state index in [2.05, 4.69) is 18.7 Å².